The summed E-state index contributed by atoms with van der Waals surface area (Å²) in [6.45, 7) is 7.59. The Kier molecular flexibility index (Phi) is 7.58. The number of ether oxygens (including phenoxy) is 1. The fourth-order valence-electron chi connectivity index (χ4n) is 3.06. The summed E-state index contributed by atoms with van der Waals surface area (Å²) < 4.78 is 42.7. The molecule has 0 fully saturated rings. The lowest BCUT2D eigenvalue weighted by Crippen LogP contribution is -2.39. The predicted octanol–water partition coefficient (Wildman–Crippen LogP) is 4.08. The summed E-state index contributed by atoms with van der Waals surface area (Å²) in [6, 6.07) is 4.55. The number of allylic oxidation sites excluding steroid dienone is 1. The van der Waals surface area contributed by atoms with Gasteiger partial charge >= 0.3 is 6.18 Å². The van der Waals surface area contributed by atoms with Crippen LogP contribution in [-0.4, -0.2) is 42.7 Å². The lowest BCUT2D eigenvalue weighted by molar-refractivity contribution is -0.126. The number of carbonyl (C=O) groups is 1. The number of carbonyl (C=O) groups excluding carboxylic acids is 1. The van der Waals surface area contributed by atoms with Crippen LogP contribution in [0.15, 0.2) is 42.2 Å². The largest absolute Gasteiger partial charge is 0.496 e. The van der Waals surface area contributed by atoms with E-state index in [0.717, 1.165) is 5.70 Å². The lowest BCUT2D eigenvalue weighted by Gasteiger charge is -2.35. The number of nitrogens with zero attached hydrogens (tertiary/aromatic N) is 1. The second-order valence-corrected chi connectivity index (χ2v) is 8.31. The summed E-state index contributed by atoms with van der Waals surface area (Å²) in [5, 5.41) is 5.32. The standard InChI is InChI=1S/C22H30F3N3O2/c1-15(26-14-22(23,24)25)16-6-7-19(30-5)17(12-16)13-20(29)27-18-8-10-28(11-9-18)21(2,3)4/h6-10,12,15,26H,11,13-14H2,1-5H3,(H,27,29). The van der Waals surface area contributed by atoms with E-state index in [2.05, 4.69) is 36.3 Å². The fraction of sp³-hybridized carbons (Fsp3) is 0.500. The molecule has 2 N–H and O–H groups in total. The zero-order valence-corrected chi connectivity index (χ0v) is 18.1. The van der Waals surface area contributed by atoms with E-state index < -0.39 is 18.8 Å². The number of benzene rings is 1. The molecular formula is C22H30F3N3O2. The van der Waals surface area contributed by atoms with Gasteiger partial charge in [-0.05, 0) is 51.5 Å². The first-order chi connectivity index (χ1) is 13.9. The van der Waals surface area contributed by atoms with Gasteiger partial charge in [-0.25, -0.2) is 0 Å². The minimum atomic E-state index is -4.28. The van der Waals surface area contributed by atoms with Crippen LogP contribution in [0.1, 0.15) is 44.9 Å². The molecule has 2 rings (SSSR count). The van der Waals surface area contributed by atoms with Gasteiger partial charge in [0.05, 0.1) is 20.1 Å². The average Bonchev–Trinajstić information content (AvgIpc) is 2.65. The highest BCUT2D eigenvalue weighted by atomic mass is 19.4. The van der Waals surface area contributed by atoms with Crippen LogP contribution in [0, 0.1) is 0 Å². The molecule has 5 nitrogen and oxygen atoms in total. The normalized spacial score (nSPS) is 15.6. The Bertz CT molecular complexity index is 811. The molecule has 1 aromatic rings. The third-order valence-corrected chi connectivity index (χ3v) is 4.85. The van der Waals surface area contributed by atoms with Gasteiger partial charge < -0.3 is 20.3 Å². The van der Waals surface area contributed by atoms with Crippen molar-refractivity contribution in [2.45, 2.75) is 51.9 Å². The van der Waals surface area contributed by atoms with Crippen molar-refractivity contribution in [3.8, 4) is 5.75 Å². The summed E-state index contributed by atoms with van der Waals surface area (Å²) in [7, 11) is 1.50. The molecule has 8 heteroatoms. The SMILES string of the molecule is COc1ccc(C(C)NCC(F)(F)F)cc1CC(=O)NC1=CCN(C(C)(C)C)C=C1. The molecule has 0 radical (unpaired) electrons. The van der Waals surface area contributed by atoms with E-state index in [0.29, 0.717) is 23.4 Å². The molecule has 1 heterocycles. The van der Waals surface area contributed by atoms with Crippen molar-refractivity contribution < 1.29 is 22.7 Å². The third-order valence-electron chi connectivity index (χ3n) is 4.85. The van der Waals surface area contributed by atoms with Crippen LogP contribution < -0.4 is 15.4 Å². The first-order valence-corrected chi connectivity index (χ1v) is 9.81. The zero-order chi connectivity index (χ0) is 22.5. The van der Waals surface area contributed by atoms with Gasteiger partial charge in [0.25, 0.3) is 0 Å². The maximum absolute atomic E-state index is 12.5. The topological polar surface area (TPSA) is 53.6 Å². The van der Waals surface area contributed by atoms with Crippen LogP contribution >= 0.6 is 0 Å². The molecule has 166 valence electrons. The van der Waals surface area contributed by atoms with Crippen LogP contribution in [0.3, 0.4) is 0 Å². The smallest absolute Gasteiger partial charge is 0.401 e. The Balaban J connectivity index is 2.03. The van der Waals surface area contributed by atoms with Crippen LogP contribution in [0.25, 0.3) is 0 Å². The predicted molar refractivity (Wildman–Crippen MR) is 111 cm³/mol. The summed E-state index contributed by atoms with van der Waals surface area (Å²) in [4.78, 5) is 14.7. The van der Waals surface area contributed by atoms with Crippen molar-refractivity contribution in [2.24, 2.45) is 0 Å². The van der Waals surface area contributed by atoms with Crippen molar-refractivity contribution in [1.82, 2.24) is 15.5 Å². The fourth-order valence-corrected chi connectivity index (χ4v) is 3.06. The van der Waals surface area contributed by atoms with Crippen molar-refractivity contribution >= 4 is 5.91 Å². The molecule has 0 spiro atoms. The van der Waals surface area contributed by atoms with Crippen molar-refractivity contribution in [2.75, 3.05) is 20.2 Å². The Morgan fingerprint density at radius 1 is 1.27 bits per heavy atom. The van der Waals surface area contributed by atoms with Gasteiger partial charge in [0.2, 0.25) is 5.91 Å². The molecule has 0 saturated carbocycles. The van der Waals surface area contributed by atoms with Gasteiger partial charge in [-0.1, -0.05) is 12.1 Å². The van der Waals surface area contributed by atoms with E-state index in [9.17, 15) is 18.0 Å². The van der Waals surface area contributed by atoms with Gasteiger partial charge in [0, 0.05) is 35.6 Å². The number of hydrogen-bond acceptors (Lipinski definition) is 4. The molecule has 1 unspecified atom stereocenters. The van der Waals surface area contributed by atoms with E-state index in [-0.39, 0.29) is 17.9 Å². The molecule has 0 bridgehead atoms. The number of rotatable bonds is 7. The van der Waals surface area contributed by atoms with Crippen molar-refractivity contribution in [1.29, 1.82) is 0 Å². The molecule has 0 aromatic heterocycles. The van der Waals surface area contributed by atoms with Gasteiger partial charge in [0.1, 0.15) is 5.75 Å². The number of nitrogens with one attached hydrogen (secondary N) is 2. The zero-order valence-electron chi connectivity index (χ0n) is 18.1. The summed E-state index contributed by atoms with van der Waals surface area (Å²) >= 11 is 0. The van der Waals surface area contributed by atoms with Crippen LogP contribution in [-0.2, 0) is 11.2 Å². The molecule has 1 amide bonds. The Morgan fingerprint density at radius 3 is 2.50 bits per heavy atom. The molecule has 30 heavy (non-hydrogen) atoms. The highest BCUT2D eigenvalue weighted by Crippen LogP contribution is 2.25. The quantitative estimate of drug-likeness (QED) is 0.691. The maximum Gasteiger partial charge on any atom is 0.401 e. The molecular weight excluding hydrogens is 395 g/mol. The number of methoxy groups -OCH3 is 1. The number of alkyl halides is 3. The first-order valence-electron chi connectivity index (χ1n) is 9.81. The second-order valence-electron chi connectivity index (χ2n) is 8.31. The van der Waals surface area contributed by atoms with Crippen molar-refractivity contribution in [3.63, 3.8) is 0 Å². The molecule has 1 atom stereocenters. The molecule has 1 aromatic carbocycles. The van der Waals surface area contributed by atoms with E-state index in [1.165, 1.54) is 7.11 Å². The van der Waals surface area contributed by atoms with Crippen LogP contribution in [0.5, 0.6) is 5.75 Å². The summed E-state index contributed by atoms with van der Waals surface area (Å²) in [5.74, 6) is 0.297. The first kappa shape index (κ1) is 23.8. The summed E-state index contributed by atoms with van der Waals surface area (Å²) in [6.07, 6.45) is 1.51. The van der Waals surface area contributed by atoms with E-state index in [4.69, 9.17) is 4.74 Å². The monoisotopic (exact) mass is 425 g/mol. The average molecular weight is 425 g/mol. The second kappa shape index (κ2) is 9.55. The van der Waals surface area contributed by atoms with Crippen molar-refractivity contribution in [3.05, 3.63) is 53.4 Å². The van der Waals surface area contributed by atoms with Crippen LogP contribution in [0.2, 0.25) is 0 Å². The lowest BCUT2D eigenvalue weighted by atomic mass is 10.0. The van der Waals surface area contributed by atoms with E-state index >= 15 is 0 Å². The molecule has 0 aliphatic carbocycles. The number of hydrogen-bond donors (Lipinski definition) is 2. The van der Waals surface area contributed by atoms with Gasteiger partial charge in [-0.2, -0.15) is 13.2 Å². The molecule has 1 aliphatic heterocycles. The van der Waals surface area contributed by atoms with Gasteiger partial charge in [0.15, 0.2) is 0 Å². The summed E-state index contributed by atoms with van der Waals surface area (Å²) in [5.41, 5.74) is 1.98. The molecule has 1 aliphatic rings. The minimum absolute atomic E-state index is 0.00676. The molecule has 0 saturated heterocycles. The highest BCUT2D eigenvalue weighted by molar-refractivity contribution is 5.81. The number of amides is 1. The van der Waals surface area contributed by atoms with E-state index in [1.54, 1.807) is 25.1 Å². The van der Waals surface area contributed by atoms with Gasteiger partial charge in [-0.3, -0.25) is 4.79 Å². The highest BCUT2D eigenvalue weighted by Gasteiger charge is 2.27. The van der Waals surface area contributed by atoms with Gasteiger partial charge in [-0.15, -0.1) is 0 Å². The Labute approximate surface area is 176 Å². The van der Waals surface area contributed by atoms with E-state index in [1.807, 2.05) is 18.4 Å². The Morgan fingerprint density at radius 2 is 1.97 bits per heavy atom. The third kappa shape index (κ3) is 7.09. The maximum atomic E-state index is 12.5. The van der Waals surface area contributed by atoms with Crippen LogP contribution in [0.4, 0.5) is 13.2 Å². The minimum Gasteiger partial charge on any atom is -0.496 e. The Hall–Kier alpha value is -2.48. The number of halogens is 3.